The second kappa shape index (κ2) is 7.66. The first-order valence-electron chi connectivity index (χ1n) is 6.44. The molecule has 6 atom stereocenters. The second-order valence-corrected chi connectivity index (χ2v) is 4.76. The van der Waals surface area contributed by atoms with E-state index in [0.29, 0.717) is 0 Å². The summed E-state index contributed by atoms with van der Waals surface area (Å²) in [4.78, 5) is 22.2. The molecule has 1 rings (SSSR count). The molecule has 9 nitrogen and oxygen atoms in total. The second-order valence-electron chi connectivity index (χ2n) is 4.76. The Bertz CT molecular complexity index is 376. The highest BCUT2D eigenvalue weighted by Gasteiger charge is 2.47. The lowest BCUT2D eigenvalue weighted by atomic mass is 9.96. The fourth-order valence-corrected chi connectivity index (χ4v) is 2.11. The van der Waals surface area contributed by atoms with Crippen molar-refractivity contribution in [1.29, 1.82) is 0 Å². The number of carbonyl (C=O) groups is 2. The van der Waals surface area contributed by atoms with E-state index in [9.17, 15) is 19.8 Å². The number of methoxy groups -OCH3 is 1. The topological polar surface area (TPSA) is 135 Å². The van der Waals surface area contributed by atoms with E-state index in [1.54, 1.807) is 0 Å². The van der Waals surface area contributed by atoms with Gasteiger partial charge in [-0.2, -0.15) is 0 Å². The van der Waals surface area contributed by atoms with Crippen molar-refractivity contribution in [1.82, 2.24) is 5.32 Å². The number of amides is 1. The highest BCUT2D eigenvalue weighted by atomic mass is 16.7. The molecule has 0 aromatic heterocycles. The lowest BCUT2D eigenvalue weighted by Crippen LogP contribution is -2.65. The number of hydrogen-bond donors (Lipinski definition) is 4. The Kier molecular flexibility index (Phi) is 6.49. The Balaban J connectivity index is 2.99. The highest BCUT2D eigenvalue weighted by Crippen LogP contribution is 2.25. The number of carboxylic acids is 1. The van der Waals surface area contributed by atoms with E-state index in [0.717, 1.165) is 0 Å². The number of rotatable bonds is 6. The van der Waals surface area contributed by atoms with Gasteiger partial charge in [0.05, 0.1) is 6.61 Å². The zero-order chi connectivity index (χ0) is 16.2. The van der Waals surface area contributed by atoms with Gasteiger partial charge >= 0.3 is 5.97 Å². The molecule has 0 aromatic carbocycles. The van der Waals surface area contributed by atoms with Crippen LogP contribution in [0.2, 0.25) is 0 Å². The minimum absolute atomic E-state index is 0.420. The molecule has 9 heteroatoms. The number of carboxylic acid groups (broad SMARTS) is 1. The predicted octanol–water partition coefficient (Wildman–Crippen LogP) is -1.93. The van der Waals surface area contributed by atoms with Crippen LogP contribution in [0.4, 0.5) is 0 Å². The summed E-state index contributed by atoms with van der Waals surface area (Å²) < 4.78 is 15.7. The molecule has 1 fully saturated rings. The molecule has 1 saturated heterocycles. The van der Waals surface area contributed by atoms with Crippen LogP contribution in [-0.4, -0.2) is 77.7 Å². The lowest BCUT2D eigenvalue weighted by Gasteiger charge is -2.44. The summed E-state index contributed by atoms with van der Waals surface area (Å²) in [5.41, 5.74) is 0. The molecule has 1 heterocycles. The first kappa shape index (κ1) is 17.8. The van der Waals surface area contributed by atoms with E-state index in [-0.39, 0.29) is 0 Å². The van der Waals surface area contributed by atoms with Gasteiger partial charge in [0, 0.05) is 14.0 Å². The van der Waals surface area contributed by atoms with E-state index in [1.165, 1.54) is 21.0 Å². The van der Waals surface area contributed by atoms with Crippen molar-refractivity contribution in [3.8, 4) is 0 Å². The molecule has 1 amide bonds. The summed E-state index contributed by atoms with van der Waals surface area (Å²) >= 11 is 0. The van der Waals surface area contributed by atoms with Gasteiger partial charge in [0.15, 0.2) is 12.4 Å². The molecule has 122 valence electrons. The molecule has 0 radical (unpaired) electrons. The summed E-state index contributed by atoms with van der Waals surface area (Å²) in [5.74, 6) is -1.64. The van der Waals surface area contributed by atoms with Crippen molar-refractivity contribution in [2.75, 3.05) is 13.7 Å². The summed E-state index contributed by atoms with van der Waals surface area (Å²) in [7, 11) is 1.32. The molecule has 21 heavy (non-hydrogen) atoms. The van der Waals surface area contributed by atoms with Crippen molar-refractivity contribution >= 4 is 11.9 Å². The molecular weight excluding hydrogens is 286 g/mol. The molecule has 4 N–H and O–H groups in total. The van der Waals surface area contributed by atoms with Crippen LogP contribution < -0.4 is 5.32 Å². The number of hydrogen-bond acceptors (Lipinski definition) is 7. The molecule has 0 spiro atoms. The molecule has 0 aliphatic carbocycles. The Morgan fingerprint density at radius 1 is 1.43 bits per heavy atom. The third-order valence-electron chi connectivity index (χ3n) is 3.16. The minimum Gasteiger partial charge on any atom is -0.479 e. The van der Waals surface area contributed by atoms with Crippen LogP contribution >= 0.6 is 0 Å². The van der Waals surface area contributed by atoms with Gasteiger partial charge in [-0.3, -0.25) is 4.79 Å². The van der Waals surface area contributed by atoms with Crippen LogP contribution in [0.15, 0.2) is 0 Å². The Morgan fingerprint density at radius 2 is 2.05 bits per heavy atom. The minimum atomic E-state index is -1.32. The van der Waals surface area contributed by atoms with Crippen LogP contribution in [0.3, 0.4) is 0 Å². The molecule has 0 aromatic rings. The van der Waals surface area contributed by atoms with Crippen LogP contribution in [0.25, 0.3) is 0 Å². The quantitative estimate of drug-likeness (QED) is 0.446. The third kappa shape index (κ3) is 4.35. The average Bonchev–Trinajstić information content (AvgIpc) is 2.42. The molecule has 0 unspecified atom stereocenters. The fraction of sp³-hybridized carbons (Fsp3) is 0.833. The predicted molar refractivity (Wildman–Crippen MR) is 68.3 cm³/mol. The van der Waals surface area contributed by atoms with Gasteiger partial charge < -0.3 is 34.8 Å². The Labute approximate surface area is 121 Å². The number of aliphatic carboxylic acids is 1. The van der Waals surface area contributed by atoms with Gasteiger partial charge in [-0.15, -0.1) is 0 Å². The standard InChI is InChI=1S/C12H21NO8/c1-5(11(17)18)20-10-8(13-6(2)15)12(19-3)21-7(4-14)9(10)16/h5,7-10,12,14,16H,4H2,1-3H3,(H,13,15)(H,17,18)/t5-,7-,8-,9-,10-,12-/m1/s1. The molecule has 0 bridgehead atoms. The van der Waals surface area contributed by atoms with E-state index in [1.807, 2.05) is 0 Å². The lowest BCUT2D eigenvalue weighted by molar-refractivity contribution is -0.274. The maximum atomic E-state index is 11.3. The SMILES string of the molecule is CO[C@@H]1O[C@H](CO)[C@@H](O)[C@H](O[C@H](C)C(=O)O)[C@H]1NC(C)=O. The van der Waals surface area contributed by atoms with E-state index in [2.05, 4.69) is 5.32 Å². The number of aliphatic hydroxyl groups is 2. The molecule has 1 aliphatic heterocycles. The average molecular weight is 307 g/mol. The van der Waals surface area contributed by atoms with Gasteiger partial charge in [-0.1, -0.05) is 0 Å². The highest BCUT2D eigenvalue weighted by molar-refractivity contribution is 5.73. The first-order chi connectivity index (χ1) is 9.81. The van der Waals surface area contributed by atoms with Crippen LogP contribution in [-0.2, 0) is 23.8 Å². The molecule has 0 saturated carbocycles. The maximum Gasteiger partial charge on any atom is 0.332 e. The summed E-state index contributed by atoms with van der Waals surface area (Å²) in [6.45, 7) is 2.05. The molecule has 1 aliphatic rings. The van der Waals surface area contributed by atoms with Crippen LogP contribution in [0.1, 0.15) is 13.8 Å². The van der Waals surface area contributed by atoms with E-state index < -0.39 is 55.2 Å². The fourth-order valence-electron chi connectivity index (χ4n) is 2.11. The van der Waals surface area contributed by atoms with Crippen molar-refractivity contribution in [3.63, 3.8) is 0 Å². The van der Waals surface area contributed by atoms with Crippen LogP contribution in [0, 0.1) is 0 Å². The number of ether oxygens (including phenoxy) is 3. The van der Waals surface area contributed by atoms with Gasteiger partial charge in [0.25, 0.3) is 0 Å². The van der Waals surface area contributed by atoms with Crippen molar-refractivity contribution in [2.45, 2.75) is 50.6 Å². The maximum absolute atomic E-state index is 11.3. The third-order valence-corrected chi connectivity index (χ3v) is 3.16. The van der Waals surface area contributed by atoms with Crippen molar-refractivity contribution in [2.24, 2.45) is 0 Å². The Morgan fingerprint density at radius 3 is 2.48 bits per heavy atom. The largest absolute Gasteiger partial charge is 0.479 e. The summed E-state index contributed by atoms with van der Waals surface area (Å²) in [6.07, 6.45) is -5.63. The normalized spacial score (nSPS) is 34.2. The zero-order valence-electron chi connectivity index (χ0n) is 12.1. The van der Waals surface area contributed by atoms with Gasteiger partial charge in [-0.25, -0.2) is 4.79 Å². The van der Waals surface area contributed by atoms with Crippen LogP contribution in [0.5, 0.6) is 0 Å². The van der Waals surface area contributed by atoms with E-state index in [4.69, 9.17) is 19.3 Å². The summed E-state index contributed by atoms with van der Waals surface area (Å²) in [5, 5.41) is 30.8. The monoisotopic (exact) mass is 307 g/mol. The molecular formula is C12H21NO8. The van der Waals surface area contributed by atoms with E-state index >= 15 is 0 Å². The van der Waals surface area contributed by atoms with Gasteiger partial charge in [-0.05, 0) is 6.92 Å². The van der Waals surface area contributed by atoms with Gasteiger partial charge in [0.2, 0.25) is 5.91 Å². The van der Waals surface area contributed by atoms with Crippen molar-refractivity contribution < 1.29 is 39.1 Å². The number of nitrogens with one attached hydrogen (secondary N) is 1. The number of aliphatic hydroxyl groups excluding tert-OH is 2. The zero-order valence-corrected chi connectivity index (χ0v) is 12.1. The van der Waals surface area contributed by atoms with Gasteiger partial charge in [0.1, 0.15) is 24.4 Å². The smallest absolute Gasteiger partial charge is 0.332 e. The first-order valence-corrected chi connectivity index (χ1v) is 6.44. The van der Waals surface area contributed by atoms with Crippen molar-refractivity contribution in [3.05, 3.63) is 0 Å². The summed E-state index contributed by atoms with van der Waals surface area (Å²) in [6, 6.07) is -0.910. The number of carbonyl (C=O) groups excluding carboxylic acids is 1. The Hall–Kier alpha value is -1.26.